The number of rotatable bonds is 10. The van der Waals surface area contributed by atoms with E-state index in [1.54, 1.807) is 0 Å². The van der Waals surface area contributed by atoms with Gasteiger partial charge >= 0.3 is 0 Å². The Morgan fingerprint density at radius 1 is 0.897 bits per heavy atom. The molecule has 4 nitrogen and oxygen atoms in total. The van der Waals surface area contributed by atoms with Gasteiger partial charge in [-0.1, -0.05) is 42.5 Å². The van der Waals surface area contributed by atoms with Crippen LogP contribution >= 0.6 is 0 Å². The van der Waals surface area contributed by atoms with Gasteiger partial charge in [0.25, 0.3) is 0 Å². The second kappa shape index (κ2) is 11.2. The molecule has 0 unspecified atom stereocenters. The summed E-state index contributed by atoms with van der Waals surface area (Å²) >= 11 is 0. The zero-order chi connectivity index (χ0) is 20.5. The summed E-state index contributed by atoms with van der Waals surface area (Å²) in [5.74, 6) is 0.277. The third kappa shape index (κ3) is 7.07. The van der Waals surface area contributed by atoms with Crippen LogP contribution in [0.4, 0.5) is 0 Å². The highest BCUT2D eigenvalue weighted by Gasteiger charge is 2.12. The van der Waals surface area contributed by atoms with Crippen LogP contribution < -0.4 is 5.32 Å². The molecule has 2 aromatic rings. The van der Waals surface area contributed by atoms with Gasteiger partial charge < -0.3 is 15.1 Å². The Balaban J connectivity index is 1.37. The van der Waals surface area contributed by atoms with Crippen molar-refractivity contribution in [1.29, 1.82) is 0 Å². The number of nitrogens with one attached hydrogen (secondary N) is 1. The minimum atomic E-state index is 0.277. The van der Waals surface area contributed by atoms with E-state index in [1.165, 1.54) is 16.7 Å². The Bertz CT molecular complexity index is 775. The first-order chi connectivity index (χ1) is 14.1. The lowest BCUT2D eigenvalue weighted by Gasteiger charge is -2.22. The van der Waals surface area contributed by atoms with E-state index in [-0.39, 0.29) is 5.78 Å². The van der Waals surface area contributed by atoms with Crippen LogP contribution in [-0.4, -0.2) is 62.4 Å². The van der Waals surface area contributed by atoms with Gasteiger partial charge in [0.15, 0.2) is 5.78 Å². The van der Waals surface area contributed by atoms with Crippen molar-refractivity contribution in [2.75, 3.05) is 46.8 Å². The highest BCUT2D eigenvalue weighted by molar-refractivity contribution is 5.96. The van der Waals surface area contributed by atoms with Gasteiger partial charge in [0.2, 0.25) is 0 Å². The fraction of sp³-hybridized carbons (Fsp3) is 0.480. The van der Waals surface area contributed by atoms with Gasteiger partial charge in [0.05, 0.1) is 0 Å². The standard InChI is InChI=1S/C25H35N3O/c1-27(17-18-28(2)20-21-7-4-3-5-8-21)16-6-9-25(29)24-11-10-22-12-14-26-15-13-23(22)19-24/h3-5,7-8,10-11,19,26H,6,9,12-18,20H2,1-2H3. The van der Waals surface area contributed by atoms with E-state index in [1.807, 2.05) is 6.07 Å². The molecule has 0 bridgehead atoms. The largest absolute Gasteiger partial charge is 0.316 e. The Labute approximate surface area is 175 Å². The van der Waals surface area contributed by atoms with Crippen LogP contribution in [0.1, 0.15) is 39.9 Å². The van der Waals surface area contributed by atoms with Crippen molar-refractivity contribution in [2.24, 2.45) is 0 Å². The molecule has 29 heavy (non-hydrogen) atoms. The maximum Gasteiger partial charge on any atom is 0.162 e. The van der Waals surface area contributed by atoms with Crippen molar-refractivity contribution < 1.29 is 4.79 Å². The molecular formula is C25H35N3O. The first kappa shape index (κ1) is 21.7. The van der Waals surface area contributed by atoms with Crippen molar-refractivity contribution in [3.63, 3.8) is 0 Å². The number of nitrogens with zero attached hydrogens (tertiary/aromatic N) is 2. The van der Waals surface area contributed by atoms with Crippen molar-refractivity contribution in [1.82, 2.24) is 15.1 Å². The van der Waals surface area contributed by atoms with Crippen molar-refractivity contribution >= 4 is 5.78 Å². The number of carbonyl (C=O) groups excluding carboxylic acids is 1. The molecule has 0 aliphatic carbocycles. The number of fused-ring (bicyclic) bond motifs is 1. The van der Waals surface area contributed by atoms with E-state index in [4.69, 9.17) is 0 Å². The van der Waals surface area contributed by atoms with E-state index in [0.717, 1.165) is 64.1 Å². The molecule has 0 spiro atoms. The number of hydrogen-bond acceptors (Lipinski definition) is 4. The summed E-state index contributed by atoms with van der Waals surface area (Å²) in [6.45, 7) is 6.02. The van der Waals surface area contributed by atoms with Gasteiger partial charge in [-0.2, -0.15) is 0 Å². The lowest BCUT2D eigenvalue weighted by molar-refractivity contribution is 0.0975. The number of carbonyl (C=O) groups is 1. The van der Waals surface area contributed by atoms with Gasteiger partial charge in [0.1, 0.15) is 0 Å². The average molecular weight is 394 g/mol. The van der Waals surface area contributed by atoms with Crippen LogP contribution in [0.3, 0.4) is 0 Å². The lowest BCUT2D eigenvalue weighted by atomic mass is 9.97. The van der Waals surface area contributed by atoms with E-state index >= 15 is 0 Å². The first-order valence-electron chi connectivity index (χ1n) is 10.9. The van der Waals surface area contributed by atoms with Gasteiger partial charge in [-0.25, -0.2) is 0 Å². The molecule has 1 aliphatic rings. The van der Waals surface area contributed by atoms with Crippen molar-refractivity contribution in [3.8, 4) is 0 Å². The summed E-state index contributed by atoms with van der Waals surface area (Å²) in [5, 5.41) is 3.43. The van der Waals surface area contributed by atoms with E-state index in [0.29, 0.717) is 6.42 Å². The monoisotopic (exact) mass is 393 g/mol. The minimum Gasteiger partial charge on any atom is -0.316 e. The average Bonchev–Trinajstić information content (AvgIpc) is 2.98. The fourth-order valence-corrected chi connectivity index (χ4v) is 3.93. The van der Waals surface area contributed by atoms with Crippen LogP contribution in [-0.2, 0) is 19.4 Å². The molecule has 0 atom stereocenters. The van der Waals surface area contributed by atoms with Crippen molar-refractivity contribution in [3.05, 3.63) is 70.8 Å². The minimum absolute atomic E-state index is 0.277. The summed E-state index contributed by atoms with van der Waals surface area (Å²) in [4.78, 5) is 17.3. The third-order valence-corrected chi connectivity index (χ3v) is 5.77. The Morgan fingerprint density at radius 2 is 1.62 bits per heavy atom. The van der Waals surface area contributed by atoms with Crippen molar-refractivity contribution in [2.45, 2.75) is 32.2 Å². The summed E-state index contributed by atoms with van der Waals surface area (Å²) in [5.41, 5.74) is 4.97. The SMILES string of the molecule is CN(CCCC(=O)c1ccc2c(c1)CCNCC2)CCN(C)Cc1ccccc1. The molecular weight excluding hydrogens is 358 g/mol. The van der Waals surface area contributed by atoms with Crippen LogP contribution in [0.5, 0.6) is 0 Å². The number of likely N-dealkylation sites (N-methyl/N-ethyl adjacent to an activating group) is 2. The van der Waals surface area contributed by atoms with Gasteiger partial charge in [-0.05, 0) is 75.7 Å². The van der Waals surface area contributed by atoms with E-state index in [9.17, 15) is 4.79 Å². The number of Topliss-reactive ketones (excluding diaryl/α,β-unsaturated/α-hetero) is 1. The zero-order valence-electron chi connectivity index (χ0n) is 18.0. The van der Waals surface area contributed by atoms with Gasteiger partial charge in [0, 0.05) is 31.6 Å². The third-order valence-electron chi connectivity index (χ3n) is 5.77. The molecule has 0 fully saturated rings. The topological polar surface area (TPSA) is 35.6 Å². The molecule has 0 amide bonds. The smallest absolute Gasteiger partial charge is 0.162 e. The first-order valence-corrected chi connectivity index (χ1v) is 10.9. The summed E-state index contributed by atoms with van der Waals surface area (Å²) < 4.78 is 0. The van der Waals surface area contributed by atoms with E-state index in [2.05, 4.69) is 71.7 Å². The summed E-state index contributed by atoms with van der Waals surface area (Å²) in [7, 11) is 4.31. The normalized spacial score (nSPS) is 14.1. The number of benzene rings is 2. The lowest BCUT2D eigenvalue weighted by Crippen LogP contribution is -2.31. The van der Waals surface area contributed by atoms with Crippen LogP contribution in [0.15, 0.2) is 48.5 Å². The second-order valence-corrected chi connectivity index (χ2v) is 8.29. The van der Waals surface area contributed by atoms with Gasteiger partial charge in [-0.15, -0.1) is 0 Å². The van der Waals surface area contributed by atoms with Crippen LogP contribution in [0.2, 0.25) is 0 Å². The van der Waals surface area contributed by atoms with E-state index < -0.39 is 0 Å². The molecule has 2 aromatic carbocycles. The molecule has 0 saturated heterocycles. The highest BCUT2D eigenvalue weighted by Crippen LogP contribution is 2.17. The maximum absolute atomic E-state index is 12.6. The Hall–Kier alpha value is -2.01. The molecule has 0 saturated carbocycles. The predicted molar refractivity (Wildman–Crippen MR) is 121 cm³/mol. The molecule has 3 rings (SSSR count). The molecule has 156 valence electrons. The molecule has 0 aromatic heterocycles. The molecule has 1 N–H and O–H groups in total. The van der Waals surface area contributed by atoms with Crippen LogP contribution in [0, 0.1) is 0 Å². The predicted octanol–water partition coefficient (Wildman–Crippen LogP) is 3.40. The molecule has 0 radical (unpaired) electrons. The maximum atomic E-state index is 12.6. The van der Waals surface area contributed by atoms with Gasteiger partial charge in [-0.3, -0.25) is 4.79 Å². The number of hydrogen-bond donors (Lipinski definition) is 1. The van der Waals surface area contributed by atoms with Crippen LogP contribution in [0.25, 0.3) is 0 Å². The quantitative estimate of drug-likeness (QED) is 0.628. The Morgan fingerprint density at radius 3 is 2.41 bits per heavy atom. The molecule has 4 heteroatoms. The molecule has 1 aliphatic heterocycles. The highest BCUT2D eigenvalue weighted by atomic mass is 16.1. The summed E-state index contributed by atoms with van der Waals surface area (Å²) in [6.07, 6.45) is 3.63. The molecule has 1 heterocycles. The summed E-state index contributed by atoms with van der Waals surface area (Å²) in [6, 6.07) is 16.9. The number of ketones is 1. The second-order valence-electron chi connectivity index (χ2n) is 8.29. The Kier molecular flexibility index (Phi) is 8.41. The fourth-order valence-electron chi connectivity index (χ4n) is 3.93. The zero-order valence-corrected chi connectivity index (χ0v) is 18.0.